The van der Waals surface area contributed by atoms with Crippen molar-refractivity contribution in [3.05, 3.63) is 29.8 Å². The second-order valence-electron chi connectivity index (χ2n) is 11.2. The first-order valence-corrected chi connectivity index (χ1v) is 14.0. The maximum atomic E-state index is 13.6. The van der Waals surface area contributed by atoms with Crippen LogP contribution in [0.2, 0.25) is 0 Å². The third kappa shape index (κ3) is 7.79. The highest BCUT2D eigenvalue weighted by Crippen LogP contribution is 2.33. The first-order chi connectivity index (χ1) is 18.7. The average molecular weight is 544 g/mol. The van der Waals surface area contributed by atoms with Crippen LogP contribution in [-0.2, 0) is 35.1 Å². The normalized spacial score (nSPS) is 24.8. The summed E-state index contributed by atoms with van der Waals surface area (Å²) in [4.78, 5) is 52.6. The van der Waals surface area contributed by atoms with Gasteiger partial charge in [-0.1, -0.05) is 37.8 Å². The van der Waals surface area contributed by atoms with Gasteiger partial charge in [-0.25, -0.2) is 0 Å². The minimum absolute atomic E-state index is 0.128. The molecule has 0 aromatic heterocycles. The van der Waals surface area contributed by atoms with E-state index in [2.05, 4.69) is 16.0 Å². The molecule has 0 unspecified atom stereocenters. The predicted molar refractivity (Wildman–Crippen MR) is 143 cm³/mol. The fraction of sp³-hybridized carbons (Fsp3) is 0.655. The molecule has 0 bridgehead atoms. The summed E-state index contributed by atoms with van der Waals surface area (Å²) in [6, 6.07) is 4.74. The lowest BCUT2D eigenvalue weighted by Gasteiger charge is -2.26. The molecular weight excluding hydrogens is 502 g/mol. The van der Waals surface area contributed by atoms with E-state index < -0.39 is 35.5 Å². The van der Waals surface area contributed by atoms with E-state index in [1.807, 2.05) is 12.1 Å². The highest BCUT2D eigenvalue weighted by Gasteiger charge is 2.50. The van der Waals surface area contributed by atoms with Gasteiger partial charge in [-0.3, -0.25) is 19.2 Å². The van der Waals surface area contributed by atoms with Crippen molar-refractivity contribution in [3.8, 4) is 5.75 Å². The summed E-state index contributed by atoms with van der Waals surface area (Å²) >= 11 is 0. The summed E-state index contributed by atoms with van der Waals surface area (Å²) in [5, 5.41) is 8.49. The van der Waals surface area contributed by atoms with Crippen LogP contribution < -0.4 is 20.7 Å². The first kappa shape index (κ1) is 29.0. The van der Waals surface area contributed by atoms with Crippen molar-refractivity contribution in [2.75, 3.05) is 26.9 Å². The van der Waals surface area contributed by atoms with E-state index in [-0.39, 0.29) is 24.0 Å². The molecule has 2 heterocycles. The molecule has 3 amide bonds. The summed E-state index contributed by atoms with van der Waals surface area (Å²) in [5.41, 5.74) is -0.0548. The van der Waals surface area contributed by atoms with E-state index in [0.717, 1.165) is 31.2 Å². The Morgan fingerprint density at radius 3 is 2.26 bits per heavy atom. The van der Waals surface area contributed by atoms with Gasteiger partial charge in [0, 0.05) is 13.0 Å². The Balaban J connectivity index is 1.46. The summed E-state index contributed by atoms with van der Waals surface area (Å²) < 4.78 is 15.9. The number of nitrogens with one attached hydrogen (secondary N) is 3. The SMILES string of the molecule is COc1ccc(C[C@H](NC(=O)[C@@H](C)NC(=O)[C@H]2CCOC2)C(=O)N[C@@H](CC2CCCC2)C(=O)[C@@]2(C)CO2)cc1. The van der Waals surface area contributed by atoms with E-state index in [0.29, 0.717) is 44.3 Å². The Morgan fingerprint density at radius 1 is 1.00 bits per heavy atom. The summed E-state index contributed by atoms with van der Waals surface area (Å²) in [7, 11) is 1.57. The van der Waals surface area contributed by atoms with Crippen molar-refractivity contribution >= 4 is 23.5 Å². The Bertz CT molecular complexity index is 1030. The van der Waals surface area contributed by atoms with E-state index in [9.17, 15) is 19.2 Å². The zero-order valence-electron chi connectivity index (χ0n) is 23.1. The largest absolute Gasteiger partial charge is 0.497 e. The zero-order valence-corrected chi connectivity index (χ0v) is 23.1. The smallest absolute Gasteiger partial charge is 0.243 e. The number of hydrogen-bond acceptors (Lipinski definition) is 7. The van der Waals surface area contributed by atoms with E-state index in [1.165, 1.54) is 0 Å². The molecule has 214 valence electrons. The summed E-state index contributed by atoms with van der Waals surface area (Å²) in [6.07, 6.45) is 5.69. The van der Waals surface area contributed by atoms with Gasteiger partial charge in [0.05, 0.1) is 32.3 Å². The maximum Gasteiger partial charge on any atom is 0.243 e. The molecule has 2 saturated heterocycles. The molecule has 39 heavy (non-hydrogen) atoms. The van der Waals surface area contributed by atoms with Gasteiger partial charge in [0.15, 0.2) is 5.78 Å². The Hall–Kier alpha value is -2.98. The third-order valence-electron chi connectivity index (χ3n) is 8.06. The van der Waals surface area contributed by atoms with Crippen LogP contribution in [0, 0.1) is 11.8 Å². The van der Waals surface area contributed by atoms with Crippen LogP contribution in [0.3, 0.4) is 0 Å². The van der Waals surface area contributed by atoms with E-state index >= 15 is 0 Å². The highest BCUT2D eigenvalue weighted by atomic mass is 16.6. The predicted octanol–water partition coefficient (Wildman–Crippen LogP) is 1.69. The molecule has 1 saturated carbocycles. The van der Waals surface area contributed by atoms with Gasteiger partial charge < -0.3 is 30.2 Å². The minimum Gasteiger partial charge on any atom is -0.497 e. The molecule has 3 fully saturated rings. The molecule has 10 heteroatoms. The van der Waals surface area contributed by atoms with Crippen molar-refractivity contribution in [3.63, 3.8) is 0 Å². The Labute approximate surface area is 229 Å². The fourth-order valence-electron chi connectivity index (χ4n) is 5.34. The van der Waals surface area contributed by atoms with Gasteiger partial charge in [0.25, 0.3) is 0 Å². The van der Waals surface area contributed by atoms with Crippen molar-refractivity contribution in [1.82, 2.24) is 16.0 Å². The lowest BCUT2D eigenvalue weighted by atomic mass is 9.90. The number of Topliss-reactive ketones (excluding diaryl/α,β-unsaturated/α-hetero) is 1. The number of carbonyl (C=O) groups excluding carboxylic acids is 4. The molecule has 0 radical (unpaired) electrons. The number of methoxy groups -OCH3 is 1. The number of ketones is 1. The topological polar surface area (TPSA) is 135 Å². The van der Waals surface area contributed by atoms with Crippen LogP contribution in [-0.4, -0.2) is 74.2 Å². The molecular formula is C29H41N3O7. The van der Waals surface area contributed by atoms with E-state index in [1.54, 1.807) is 33.1 Å². The number of amides is 3. The van der Waals surface area contributed by atoms with Crippen molar-refractivity contribution in [1.29, 1.82) is 0 Å². The third-order valence-corrected chi connectivity index (χ3v) is 8.06. The fourth-order valence-corrected chi connectivity index (χ4v) is 5.34. The van der Waals surface area contributed by atoms with Crippen molar-refractivity contribution < 1.29 is 33.4 Å². The van der Waals surface area contributed by atoms with Crippen LogP contribution in [0.1, 0.15) is 57.9 Å². The van der Waals surface area contributed by atoms with Gasteiger partial charge in [0.2, 0.25) is 17.7 Å². The summed E-state index contributed by atoms with van der Waals surface area (Å²) in [6.45, 7) is 4.54. The first-order valence-electron chi connectivity index (χ1n) is 14.0. The van der Waals surface area contributed by atoms with Gasteiger partial charge in [-0.05, 0) is 50.3 Å². The zero-order chi connectivity index (χ0) is 28.0. The van der Waals surface area contributed by atoms with Gasteiger partial charge in [-0.15, -0.1) is 0 Å². The standard InChI is InChI=1S/C29H41N3O7/c1-18(30-27(35)21-12-13-38-16-21)26(34)32-24(15-20-8-10-22(37-3)11-9-20)28(36)31-23(14-19-6-4-5-7-19)25(33)29(2)17-39-29/h8-11,18-19,21,23-24H,4-7,12-17H2,1-3H3,(H,30,35)(H,31,36)(H,32,34)/t18-,21+,23+,24+,29-/m1/s1. The van der Waals surface area contributed by atoms with Crippen LogP contribution in [0.15, 0.2) is 24.3 Å². The number of epoxide rings is 1. The molecule has 10 nitrogen and oxygen atoms in total. The minimum atomic E-state index is -0.952. The Morgan fingerprint density at radius 2 is 1.67 bits per heavy atom. The molecule has 3 N–H and O–H groups in total. The molecule has 5 atom stereocenters. The van der Waals surface area contributed by atoms with Gasteiger partial charge in [0.1, 0.15) is 23.4 Å². The van der Waals surface area contributed by atoms with Crippen LogP contribution in [0.25, 0.3) is 0 Å². The number of carbonyl (C=O) groups is 4. The molecule has 1 aromatic carbocycles. The second-order valence-corrected chi connectivity index (χ2v) is 11.2. The molecule has 1 aliphatic carbocycles. The maximum absolute atomic E-state index is 13.6. The van der Waals surface area contributed by atoms with Crippen LogP contribution >= 0.6 is 0 Å². The lowest BCUT2D eigenvalue weighted by Crippen LogP contribution is -2.57. The number of hydrogen-bond donors (Lipinski definition) is 3. The number of ether oxygens (including phenoxy) is 3. The number of rotatable bonds is 13. The Kier molecular flexibility index (Phi) is 9.61. The number of benzene rings is 1. The quantitative estimate of drug-likeness (QED) is 0.322. The van der Waals surface area contributed by atoms with Crippen molar-refractivity contribution in [2.24, 2.45) is 11.8 Å². The van der Waals surface area contributed by atoms with Crippen LogP contribution in [0.5, 0.6) is 5.75 Å². The summed E-state index contributed by atoms with van der Waals surface area (Å²) in [5.74, 6) is -0.536. The lowest BCUT2D eigenvalue weighted by molar-refractivity contribution is -0.134. The van der Waals surface area contributed by atoms with Crippen molar-refractivity contribution in [2.45, 2.75) is 82.5 Å². The highest BCUT2D eigenvalue weighted by molar-refractivity contribution is 5.98. The van der Waals surface area contributed by atoms with Gasteiger partial charge >= 0.3 is 0 Å². The van der Waals surface area contributed by atoms with Crippen LogP contribution in [0.4, 0.5) is 0 Å². The molecule has 4 rings (SSSR count). The molecule has 3 aliphatic rings. The van der Waals surface area contributed by atoms with Gasteiger partial charge in [-0.2, -0.15) is 0 Å². The second kappa shape index (κ2) is 12.9. The molecule has 2 aliphatic heterocycles. The van der Waals surface area contributed by atoms with E-state index in [4.69, 9.17) is 14.2 Å². The monoisotopic (exact) mass is 543 g/mol. The molecule has 0 spiro atoms. The molecule has 1 aromatic rings. The average Bonchev–Trinajstić information content (AvgIpc) is 3.32.